The van der Waals surface area contributed by atoms with E-state index in [9.17, 15) is 9.59 Å². The smallest absolute Gasteiger partial charge is 0.319 e. The Bertz CT molecular complexity index is 1450. The highest BCUT2D eigenvalue weighted by atomic mass is 16.2. The van der Waals surface area contributed by atoms with Crippen LogP contribution >= 0.6 is 0 Å². The molecule has 2 aromatic carbocycles. The lowest BCUT2D eigenvalue weighted by atomic mass is 9.74. The van der Waals surface area contributed by atoms with E-state index in [1.165, 1.54) is 6.20 Å². The fourth-order valence-corrected chi connectivity index (χ4v) is 5.27. The summed E-state index contributed by atoms with van der Waals surface area (Å²) in [6, 6.07) is 21.1. The number of rotatable bonds is 6. The summed E-state index contributed by atoms with van der Waals surface area (Å²) in [4.78, 5) is 25.3. The first kappa shape index (κ1) is 24.4. The van der Waals surface area contributed by atoms with E-state index in [4.69, 9.17) is 5.73 Å². The predicted octanol–water partition coefficient (Wildman–Crippen LogP) is 5.28. The summed E-state index contributed by atoms with van der Waals surface area (Å²) in [5.41, 5.74) is 9.47. The molecule has 4 aromatic rings. The highest BCUT2D eigenvalue weighted by Crippen LogP contribution is 2.47. The van der Waals surface area contributed by atoms with Crippen molar-refractivity contribution < 1.29 is 9.59 Å². The Kier molecular flexibility index (Phi) is 6.11. The maximum absolute atomic E-state index is 12.9. The number of primary amides is 1. The summed E-state index contributed by atoms with van der Waals surface area (Å²) in [6.07, 6.45) is 5.02. The van der Waals surface area contributed by atoms with Gasteiger partial charge < -0.3 is 21.7 Å². The van der Waals surface area contributed by atoms with Crippen LogP contribution in [-0.2, 0) is 0 Å². The van der Waals surface area contributed by atoms with Crippen molar-refractivity contribution in [3.63, 3.8) is 0 Å². The van der Waals surface area contributed by atoms with Crippen molar-refractivity contribution in [2.75, 3.05) is 10.6 Å². The van der Waals surface area contributed by atoms with Gasteiger partial charge in [-0.05, 0) is 43.5 Å². The molecule has 0 spiro atoms. The van der Waals surface area contributed by atoms with Gasteiger partial charge in [0, 0.05) is 34.4 Å². The van der Waals surface area contributed by atoms with Crippen molar-refractivity contribution in [2.45, 2.75) is 45.2 Å². The van der Waals surface area contributed by atoms with Crippen LogP contribution in [0.25, 0.3) is 16.6 Å². The number of fused-ring (bicyclic) bond motifs is 1. The van der Waals surface area contributed by atoms with E-state index in [0.717, 1.165) is 35.2 Å². The molecule has 0 saturated heterocycles. The monoisotopic (exact) mass is 496 g/mol. The van der Waals surface area contributed by atoms with Gasteiger partial charge >= 0.3 is 6.03 Å². The summed E-state index contributed by atoms with van der Waals surface area (Å²) in [6.45, 7) is 6.34. The molecule has 0 unspecified atom stereocenters. The van der Waals surface area contributed by atoms with Gasteiger partial charge in [-0.25, -0.2) is 9.31 Å². The number of para-hydroxylation sites is 1. The molecule has 5 N–H and O–H groups in total. The van der Waals surface area contributed by atoms with E-state index < -0.39 is 11.4 Å². The third-order valence-electron chi connectivity index (χ3n) is 7.98. The van der Waals surface area contributed by atoms with Gasteiger partial charge in [-0.3, -0.25) is 4.79 Å². The zero-order valence-electron chi connectivity index (χ0n) is 21.3. The maximum atomic E-state index is 12.9. The standard InChI is InChI=1S/C29H32N6O2/c1-28(2)24(14-15-29(28,3)34-27(37)32-21-12-8-5-9-13-21)33-25-22(26(30)36)17-31-35-18-20(16-23(25)35)19-10-6-4-7-11-19/h4-13,16-18,24,33H,14-15H2,1-3H3,(H2,30,36)(H2,32,34,37)/t24-,29+/m1/s1. The summed E-state index contributed by atoms with van der Waals surface area (Å²) in [5.74, 6) is -0.543. The Labute approximate surface area is 216 Å². The number of nitrogens with two attached hydrogens (primary N) is 1. The number of nitrogens with zero attached hydrogens (tertiary/aromatic N) is 2. The first-order chi connectivity index (χ1) is 17.7. The van der Waals surface area contributed by atoms with Gasteiger partial charge in [0.25, 0.3) is 5.91 Å². The molecule has 37 heavy (non-hydrogen) atoms. The number of aromatic nitrogens is 2. The molecule has 0 bridgehead atoms. The first-order valence-electron chi connectivity index (χ1n) is 12.5. The summed E-state index contributed by atoms with van der Waals surface area (Å²) in [5, 5.41) is 14.2. The molecule has 1 aliphatic carbocycles. The number of nitrogens with one attached hydrogen (secondary N) is 3. The van der Waals surface area contributed by atoms with Gasteiger partial charge in [-0.2, -0.15) is 5.10 Å². The van der Waals surface area contributed by atoms with E-state index in [2.05, 4.69) is 41.8 Å². The minimum absolute atomic E-state index is 0.0334. The molecule has 2 heterocycles. The number of amides is 3. The molecule has 2 aromatic heterocycles. The molecule has 8 nitrogen and oxygen atoms in total. The van der Waals surface area contributed by atoms with E-state index in [-0.39, 0.29) is 17.5 Å². The molecule has 3 amide bonds. The van der Waals surface area contributed by atoms with Crippen molar-refractivity contribution in [2.24, 2.45) is 11.1 Å². The number of benzene rings is 2. The summed E-state index contributed by atoms with van der Waals surface area (Å²) in [7, 11) is 0. The normalized spacial score (nSPS) is 20.5. The van der Waals surface area contributed by atoms with Crippen LogP contribution in [0.3, 0.4) is 0 Å². The molecule has 1 saturated carbocycles. The molecule has 5 rings (SSSR count). The molecule has 1 aliphatic rings. The number of carbonyl (C=O) groups excluding carboxylic acids is 2. The molecular weight excluding hydrogens is 464 g/mol. The zero-order valence-corrected chi connectivity index (χ0v) is 21.3. The Hall–Kier alpha value is -4.33. The Morgan fingerprint density at radius 2 is 1.68 bits per heavy atom. The minimum Gasteiger partial charge on any atom is -0.379 e. The van der Waals surface area contributed by atoms with Crippen LogP contribution in [0, 0.1) is 5.41 Å². The number of hydrogen-bond acceptors (Lipinski definition) is 4. The van der Waals surface area contributed by atoms with E-state index in [0.29, 0.717) is 11.3 Å². The number of anilines is 2. The van der Waals surface area contributed by atoms with Crippen molar-refractivity contribution >= 4 is 28.8 Å². The minimum atomic E-state index is -0.543. The van der Waals surface area contributed by atoms with Gasteiger partial charge in [0.1, 0.15) is 0 Å². The average molecular weight is 497 g/mol. The predicted molar refractivity (Wildman–Crippen MR) is 147 cm³/mol. The largest absolute Gasteiger partial charge is 0.379 e. The molecule has 190 valence electrons. The topological polar surface area (TPSA) is 114 Å². The fourth-order valence-electron chi connectivity index (χ4n) is 5.27. The van der Waals surface area contributed by atoms with Crippen LogP contribution in [0.15, 0.2) is 79.1 Å². The zero-order chi connectivity index (χ0) is 26.2. The van der Waals surface area contributed by atoms with E-state index >= 15 is 0 Å². The summed E-state index contributed by atoms with van der Waals surface area (Å²) < 4.78 is 1.77. The van der Waals surface area contributed by atoms with Crippen LogP contribution in [0.4, 0.5) is 16.2 Å². The summed E-state index contributed by atoms with van der Waals surface area (Å²) >= 11 is 0. The van der Waals surface area contributed by atoms with E-state index in [1.807, 2.05) is 72.9 Å². The van der Waals surface area contributed by atoms with Gasteiger partial charge in [-0.1, -0.05) is 62.4 Å². The van der Waals surface area contributed by atoms with Gasteiger partial charge in [0.15, 0.2) is 0 Å². The highest BCUT2D eigenvalue weighted by molar-refractivity contribution is 6.02. The third-order valence-corrected chi connectivity index (χ3v) is 7.98. The van der Waals surface area contributed by atoms with Gasteiger partial charge in [0.05, 0.1) is 23.0 Å². The van der Waals surface area contributed by atoms with Gasteiger partial charge in [0.2, 0.25) is 0 Å². The van der Waals surface area contributed by atoms with Crippen molar-refractivity contribution in [1.29, 1.82) is 0 Å². The molecule has 1 fully saturated rings. The van der Waals surface area contributed by atoms with Crippen molar-refractivity contribution in [3.8, 4) is 11.1 Å². The van der Waals surface area contributed by atoms with Crippen molar-refractivity contribution in [3.05, 3.63) is 84.7 Å². The SMILES string of the molecule is CC1(C)[C@H](Nc2c(C(N)=O)cnn3cc(-c4ccccc4)cc23)CC[C@]1(C)NC(=O)Nc1ccccc1. The maximum Gasteiger partial charge on any atom is 0.319 e. The quantitative estimate of drug-likeness (QED) is 0.291. The Morgan fingerprint density at radius 3 is 2.35 bits per heavy atom. The lowest BCUT2D eigenvalue weighted by Gasteiger charge is -2.42. The lowest BCUT2D eigenvalue weighted by molar-refractivity contribution is 0.100. The van der Waals surface area contributed by atoms with Crippen LogP contribution in [0.5, 0.6) is 0 Å². The Balaban J connectivity index is 1.44. The number of urea groups is 1. The first-order valence-corrected chi connectivity index (χ1v) is 12.5. The average Bonchev–Trinajstić information content (AvgIpc) is 3.40. The number of carbonyl (C=O) groups is 2. The Morgan fingerprint density at radius 1 is 1.00 bits per heavy atom. The van der Waals surface area contributed by atoms with Crippen LogP contribution < -0.4 is 21.7 Å². The van der Waals surface area contributed by atoms with Gasteiger partial charge in [-0.15, -0.1) is 0 Å². The lowest BCUT2D eigenvalue weighted by Crippen LogP contribution is -2.57. The molecular formula is C29H32N6O2. The van der Waals surface area contributed by atoms with Crippen molar-refractivity contribution in [1.82, 2.24) is 14.9 Å². The second kappa shape index (κ2) is 9.28. The highest BCUT2D eigenvalue weighted by Gasteiger charge is 2.52. The second-order valence-electron chi connectivity index (χ2n) is 10.5. The molecule has 0 aliphatic heterocycles. The second-order valence-corrected chi connectivity index (χ2v) is 10.5. The van der Waals surface area contributed by atoms with Crippen LogP contribution in [-0.4, -0.2) is 33.1 Å². The third kappa shape index (κ3) is 4.50. The molecule has 0 radical (unpaired) electrons. The molecule has 8 heteroatoms. The van der Waals surface area contributed by atoms with Crippen LogP contribution in [0.2, 0.25) is 0 Å². The fraction of sp³-hybridized carbons (Fsp3) is 0.276. The van der Waals surface area contributed by atoms with E-state index in [1.54, 1.807) is 4.52 Å². The number of hydrogen-bond donors (Lipinski definition) is 4. The molecule has 2 atom stereocenters. The van der Waals surface area contributed by atoms with Crippen LogP contribution in [0.1, 0.15) is 44.0 Å².